The highest BCUT2D eigenvalue weighted by Crippen LogP contribution is 2.13. The van der Waals surface area contributed by atoms with Crippen LogP contribution in [0.5, 0.6) is 5.75 Å². The van der Waals surface area contributed by atoms with Gasteiger partial charge < -0.3 is 20.5 Å². The maximum Gasteiger partial charge on any atom is 0.328 e. The monoisotopic (exact) mass is 418 g/mol. The fourth-order valence-electron chi connectivity index (χ4n) is 2.68. The molecule has 154 valence electrons. The SMILES string of the molecule is COC(=O)C(Cc1cccc(O)c1)NC(=O)CNC(=O)CCc1ccc(Cl)cc1. The number of aryl methyl sites for hydroxylation is 1. The number of phenolic OH excluding ortho intramolecular Hbond substituents is 1. The van der Waals surface area contributed by atoms with Gasteiger partial charge in [-0.15, -0.1) is 0 Å². The molecule has 0 aliphatic carbocycles. The zero-order chi connectivity index (χ0) is 21.2. The summed E-state index contributed by atoms with van der Waals surface area (Å²) in [5.74, 6) is -1.35. The summed E-state index contributed by atoms with van der Waals surface area (Å²) in [6.07, 6.45) is 0.892. The number of nitrogens with one attached hydrogen (secondary N) is 2. The third-order valence-electron chi connectivity index (χ3n) is 4.17. The Morgan fingerprint density at radius 3 is 2.45 bits per heavy atom. The molecule has 29 heavy (non-hydrogen) atoms. The second-order valence-corrected chi connectivity index (χ2v) is 6.86. The molecule has 0 aliphatic rings. The van der Waals surface area contributed by atoms with E-state index < -0.39 is 17.9 Å². The van der Waals surface area contributed by atoms with Crippen LogP contribution in [0, 0.1) is 0 Å². The van der Waals surface area contributed by atoms with Gasteiger partial charge in [0, 0.05) is 17.9 Å². The molecular formula is C21H23ClN2O5. The van der Waals surface area contributed by atoms with Crippen molar-refractivity contribution in [2.24, 2.45) is 0 Å². The highest BCUT2D eigenvalue weighted by molar-refractivity contribution is 6.30. The molecular weight excluding hydrogens is 396 g/mol. The van der Waals surface area contributed by atoms with Crippen LogP contribution in [0.15, 0.2) is 48.5 Å². The van der Waals surface area contributed by atoms with Gasteiger partial charge in [-0.25, -0.2) is 4.79 Å². The van der Waals surface area contributed by atoms with Crippen molar-refractivity contribution in [1.29, 1.82) is 0 Å². The Morgan fingerprint density at radius 2 is 1.79 bits per heavy atom. The minimum Gasteiger partial charge on any atom is -0.508 e. The smallest absolute Gasteiger partial charge is 0.328 e. The molecule has 8 heteroatoms. The van der Waals surface area contributed by atoms with Crippen molar-refractivity contribution in [1.82, 2.24) is 10.6 Å². The van der Waals surface area contributed by atoms with Gasteiger partial charge in [0.2, 0.25) is 11.8 Å². The lowest BCUT2D eigenvalue weighted by atomic mass is 10.1. The van der Waals surface area contributed by atoms with Gasteiger partial charge in [0.1, 0.15) is 11.8 Å². The number of carbonyl (C=O) groups is 3. The molecule has 2 amide bonds. The van der Waals surface area contributed by atoms with Crippen LogP contribution >= 0.6 is 11.6 Å². The molecule has 1 atom stereocenters. The van der Waals surface area contributed by atoms with Crippen LogP contribution in [0.3, 0.4) is 0 Å². The van der Waals surface area contributed by atoms with E-state index in [1.54, 1.807) is 24.3 Å². The largest absolute Gasteiger partial charge is 0.508 e. The molecule has 2 aromatic rings. The fourth-order valence-corrected chi connectivity index (χ4v) is 2.80. The molecule has 0 aliphatic heterocycles. The summed E-state index contributed by atoms with van der Waals surface area (Å²) in [6, 6.07) is 12.6. The number of methoxy groups -OCH3 is 1. The summed E-state index contributed by atoms with van der Waals surface area (Å²) in [4.78, 5) is 36.1. The van der Waals surface area contributed by atoms with Gasteiger partial charge in [-0.3, -0.25) is 9.59 Å². The van der Waals surface area contributed by atoms with E-state index in [2.05, 4.69) is 10.6 Å². The number of phenols is 1. The number of rotatable bonds is 9. The second kappa shape index (κ2) is 11.1. The van der Waals surface area contributed by atoms with Gasteiger partial charge in [-0.2, -0.15) is 0 Å². The Bertz CT molecular complexity index is 854. The topological polar surface area (TPSA) is 105 Å². The molecule has 3 N–H and O–H groups in total. The number of amides is 2. The van der Waals surface area contributed by atoms with Crippen LogP contribution in [-0.4, -0.2) is 42.6 Å². The molecule has 0 saturated carbocycles. The summed E-state index contributed by atoms with van der Waals surface area (Å²) in [5.41, 5.74) is 1.62. The molecule has 0 saturated heterocycles. The Morgan fingerprint density at radius 1 is 1.07 bits per heavy atom. The van der Waals surface area contributed by atoms with Crippen LogP contribution < -0.4 is 10.6 Å². The second-order valence-electron chi connectivity index (χ2n) is 6.42. The first-order valence-corrected chi connectivity index (χ1v) is 9.41. The summed E-state index contributed by atoms with van der Waals surface area (Å²) < 4.78 is 4.72. The zero-order valence-electron chi connectivity index (χ0n) is 16.0. The molecule has 0 aromatic heterocycles. The average molecular weight is 419 g/mol. The van der Waals surface area contributed by atoms with E-state index in [0.29, 0.717) is 17.0 Å². The van der Waals surface area contributed by atoms with E-state index in [4.69, 9.17) is 16.3 Å². The minimum atomic E-state index is -0.930. The quantitative estimate of drug-likeness (QED) is 0.540. The molecule has 7 nitrogen and oxygen atoms in total. The van der Waals surface area contributed by atoms with E-state index in [0.717, 1.165) is 5.56 Å². The third kappa shape index (κ3) is 7.83. The van der Waals surface area contributed by atoms with E-state index in [-0.39, 0.29) is 31.0 Å². The van der Waals surface area contributed by atoms with Gasteiger partial charge in [0.15, 0.2) is 0 Å². The minimum absolute atomic E-state index is 0.0605. The molecule has 0 heterocycles. The van der Waals surface area contributed by atoms with Crippen LogP contribution in [0.1, 0.15) is 17.5 Å². The lowest BCUT2D eigenvalue weighted by Crippen LogP contribution is -2.47. The standard InChI is InChI=1S/C21H23ClN2O5/c1-29-21(28)18(12-15-3-2-4-17(25)11-15)24-20(27)13-23-19(26)10-7-14-5-8-16(22)9-6-14/h2-6,8-9,11,18,25H,7,10,12-13H2,1H3,(H,23,26)(H,24,27). The van der Waals surface area contributed by atoms with Crippen molar-refractivity contribution >= 4 is 29.4 Å². The Kier molecular flexibility index (Phi) is 8.48. The first-order valence-electron chi connectivity index (χ1n) is 9.03. The number of hydrogen-bond acceptors (Lipinski definition) is 5. The van der Waals surface area contributed by atoms with Gasteiger partial charge in [-0.1, -0.05) is 35.9 Å². The van der Waals surface area contributed by atoms with Crippen molar-refractivity contribution in [3.8, 4) is 5.75 Å². The summed E-state index contributed by atoms with van der Waals surface area (Å²) in [5, 5.41) is 15.2. The van der Waals surface area contributed by atoms with Crippen molar-refractivity contribution in [2.45, 2.75) is 25.3 Å². The molecule has 2 rings (SSSR count). The number of aromatic hydroxyl groups is 1. The van der Waals surface area contributed by atoms with Crippen LogP contribution in [0.2, 0.25) is 5.02 Å². The van der Waals surface area contributed by atoms with Crippen molar-refractivity contribution in [3.05, 3.63) is 64.7 Å². The van der Waals surface area contributed by atoms with Gasteiger partial charge in [0.05, 0.1) is 13.7 Å². The Hall–Kier alpha value is -3.06. The summed E-state index contributed by atoms with van der Waals surface area (Å²) in [7, 11) is 1.22. The first kappa shape index (κ1) is 22.2. The number of esters is 1. The molecule has 0 radical (unpaired) electrons. The molecule has 2 aromatic carbocycles. The lowest BCUT2D eigenvalue weighted by molar-refractivity contribution is -0.145. The van der Waals surface area contributed by atoms with E-state index in [1.165, 1.54) is 19.2 Å². The Labute approximate surface area is 174 Å². The first-order chi connectivity index (χ1) is 13.9. The van der Waals surface area contributed by atoms with Gasteiger partial charge >= 0.3 is 5.97 Å². The Balaban J connectivity index is 1.81. The van der Waals surface area contributed by atoms with Crippen LogP contribution in [0.25, 0.3) is 0 Å². The van der Waals surface area contributed by atoms with E-state index >= 15 is 0 Å². The molecule has 0 bridgehead atoms. The molecule has 0 fully saturated rings. The predicted octanol–water partition coefficient (Wildman–Crippen LogP) is 1.99. The third-order valence-corrected chi connectivity index (χ3v) is 4.42. The maximum atomic E-state index is 12.1. The summed E-state index contributed by atoms with van der Waals surface area (Å²) in [6.45, 7) is -0.257. The molecule has 1 unspecified atom stereocenters. The van der Waals surface area contributed by atoms with Crippen LogP contribution in [-0.2, 0) is 32.0 Å². The van der Waals surface area contributed by atoms with Gasteiger partial charge in [0.25, 0.3) is 0 Å². The van der Waals surface area contributed by atoms with Crippen molar-refractivity contribution < 1.29 is 24.2 Å². The maximum absolute atomic E-state index is 12.1. The number of ether oxygens (including phenoxy) is 1. The zero-order valence-corrected chi connectivity index (χ0v) is 16.7. The highest BCUT2D eigenvalue weighted by Gasteiger charge is 2.22. The molecule has 0 spiro atoms. The lowest BCUT2D eigenvalue weighted by Gasteiger charge is -2.17. The van der Waals surface area contributed by atoms with E-state index in [9.17, 15) is 19.5 Å². The fraction of sp³-hybridized carbons (Fsp3) is 0.286. The predicted molar refractivity (Wildman–Crippen MR) is 109 cm³/mol. The summed E-state index contributed by atoms with van der Waals surface area (Å²) >= 11 is 5.82. The van der Waals surface area contributed by atoms with E-state index in [1.807, 2.05) is 12.1 Å². The normalized spacial score (nSPS) is 11.4. The highest BCUT2D eigenvalue weighted by atomic mass is 35.5. The number of halogens is 1. The average Bonchev–Trinajstić information content (AvgIpc) is 2.70. The number of benzene rings is 2. The van der Waals surface area contributed by atoms with Crippen molar-refractivity contribution in [3.63, 3.8) is 0 Å². The van der Waals surface area contributed by atoms with Crippen LogP contribution in [0.4, 0.5) is 0 Å². The number of hydrogen-bond donors (Lipinski definition) is 3. The number of carbonyl (C=O) groups excluding carboxylic acids is 3. The van der Waals surface area contributed by atoms with Crippen molar-refractivity contribution in [2.75, 3.05) is 13.7 Å². The van der Waals surface area contributed by atoms with Gasteiger partial charge in [-0.05, 0) is 41.8 Å².